The molecule has 1 N–H and O–H groups in total. The summed E-state index contributed by atoms with van der Waals surface area (Å²) in [7, 11) is 0. The molecule has 1 heterocycles. The minimum absolute atomic E-state index is 0.0302. The number of carbonyl (C=O) groups excluding carboxylic acids is 1. The van der Waals surface area contributed by atoms with Crippen LogP contribution in [-0.2, 0) is 4.79 Å². The Labute approximate surface area is 159 Å². The first-order valence-corrected chi connectivity index (χ1v) is 8.82. The van der Waals surface area contributed by atoms with Gasteiger partial charge in [-0.05, 0) is 58.4 Å². The highest BCUT2D eigenvalue weighted by molar-refractivity contribution is 14.1. The zero-order valence-electron chi connectivity index (χ0n) is 12.8. The van der Waals surface area contributed by atoms with Gasteiger partial charge in [-0.1, -0.05) is 0 Å². The van der Waals surface area contributed by atoms with Crippen LogP contribution in [0.1, 0.15) is 6.92 Å². The summed E-state index contributed by atoms with van der Waals surface area (Å²) in [4.78, 5) is 21.8. The van der Waals surface area contributed by atoms with E-state index in [1.807, 2.05) is 6.07 Å². The van der Waals surface area contributed by atoms with Crippen LogP contribution in [0, 0.1) is 13.7 Å². The van der Waals surface area contributed by atoms with E-state index in [0.717, 1.165) is 15.1 Å². The molecular formula is C15H10IN5O3S. The van der Waals surface area contributed by atoms with Gasteiger partial charge in [-0.3, -0.25) is 14.9 Å². The molecule has 8 nitrogen and oxygen atoms in total. The summed E-state index contributed by atoms with van der Waals surface area (Å²) in [5.74, 6) is -0.211. The third-order valence-corrected chi connectivity index (χ3v) is 4.60. The maximum Gasteiger partial charge on any atom is 0.270 e. The molecule has 0 aliphatic heterocycles. The van der Waals surface area contributed by atoms with Gasteiger partial charge < -0.3 is 5.32 Å². The second kappa shape index (κ2) is 7.19. The van der Waals surface area contributed by atoms with E-state index in [-0.39, 0.29) is 11.6 Å². The lowest BCUT2D eigenvalue weighted by atomic mass is 10.2. The van der Waals surface area contributed by atoms with Crippen LogP contribution in [0.15, 0.2) is 46.6 Å². The van der Waals surface area contributed by atoms with Gasteiger partial charge in [0, 0.05) is 28.0 Å². The monoisotopic (exact) mass is 467 g/mol. The van der Waals surface area contributed by atoms with Gasteiger partial charge in [-0.15, -0.1) is 10.2 Å². The van der Waals surface area contributed by atoms with Gasteiger partial charge in [0.05, 0.1) is 16.1 Å². The molecule has 126 valence electrons. The first kappa shape index (κ1) is 17.4. The SMILES string of the molecule is CC(=O)Nc1cc(I)ccc1N=Nc1snc2ccc([N+](=O)[O-])cc12. The van der Waals surface area contributed by atoms with Crippen LogP contribution in [-0.4, -0.2) is 15.2 Å². The topological polar surface area (TPSA) is 110 Å². The standard InChI is InChI=1S/C15H10IN5O3S/c1-8(22)17-14-6-9(16)2-4-13(14)18-19-15-11-7-10(21(23)24)3-5-12(11)20-25-15/h2-7H,1H3,(H,17,22). The van der Waals surface area contributed by atoms with Crippen molar-refractivity contribution in [3.8, 4) is 0 Å². The van der Waals surface area contributed by atoms with E-state index >= 15 is 0 Å². The molecule has 0 fully saturated rings. The molecule has 2 aromatic carbocycles. The molecule has 1 aromatic heterocycles. The molecule has 25 heavy (non-hydrogen) atoms. The predicted octanol–water partition coefficient (Wildman–Crippen LogP) is 5.18. The lowest BCUT2D eigenvalue weighted by Crippen LogP contribution is -2.05. The molecule has 1 amide bonds. The van der Waals surface area contributed by atoms with Crippen molar-refractivity contribution in [2.24, 2.45) is 10.2 Å². The first-order valence-electron chi connectivity index (χ1n) is 6.97. The molecular weight excluding hydrogens is 457 g/mol. The fraction of sp³-hybridized carbons (Fsp3) is 0.0667. The lowest BCUT2D eigenvalue weighted by molar-refractivity contribution is -0.384. The molecule has 0 atom stereocenters. The molecule has 0 radical (unpaired) electrons. The lowest BCUT2D eigenvalue weighted by Gasteiger charge is -2.05. The third kappa shape index (κ3) is 3.96. The van der Waals surface area contributed by atoms with Crippen molar-refractivity contribution in [1.82, 2.24) is 4.37 Å². The zero-order valence-corrected chi connectivity index (χ0v) is 15.7. The Bertz CT molecular complexity index is 1020. The van der Waals surface area contributed by atoms with Crippen LogP contribution in [0.5, 0.6) is 0 Å². The largest absolute Gasteiger partial charge is 0.324 e. The molecule has 3 rings (SSSR count). The highest BCUT2D eigenvalue weighted by Gasteiger charge is 2.12. The number of anilines is 1. The number of benzene rings is 2. The van der Waals surface area contributed by atoms with Crippen molar-refractivity contribution in [2.75, 3.05) is 5.32 Å². The van der Waals surface area contributed by atoms with E-state index in [4.69, 9.17) is 0 Å². The molecule has 3 aromatic rings. The molecule has 0 aliphatic rings. The number of nitro benzene ring substituents is 1. The zero-order chi connectivity index (χ0) is 18.0. The number of rotatable bonds is 4. The summed E-state index contributed by atoms with van der Waals surface area (Å²) in [5, 5.41) is 23.0. The third-order valence-electron chi connectivity index (χ3n) is 3.17. The van der Waals surface area contributed by atoms with E-state index in [1.165, 1.54) is 19.1 Å². The quantitative estimate of drug-likeness (QED) is 0.247. The minimum Gasteiger partial charge on any atom is -0.324 e. The predicted molar refractivity (Wildman–Crippen MR) is 104 cm³/mol. The smallest absolute Gasteiger partial charge is 0.270 e. The Kier molecular flexibility index (Phi) is 4.99. The second-order valence-electron chi connectivity index (χ2n) is 4.99. The number of hydrogen-bond donors (Lipinski definition) is 1. The number of non-ortho nitro benzene ring substituents is 1. The Morgan fingerprint density at radius 3 is 2.80 bits per heavy atom. The van der Waals surface area contributed by atoms with Crippen molar-refractivity contribution in [3.05, 3.63) is 50.1 Å². The highest BCUT2D eigenvalue weighted by atomic mass is 127. The van der Waals surface area contributed by atoms with Crippen LogP contribution in [0.25, 0.3) is 10.9 Å². The number of nitrogens with zero attached hydrogens (tertiary/aromatic N) is 4. The van der Waals surface area contributed by atoms with Crippen molar-refractivity contribution in [2.45, 2.75) is 6.92 Å². The number of nitrogens with one attached hydrogen (secondary N) is 1. The molecule has 0 unspecified atom stereocenters. The van der Waals surface area contributed by atoms with E-state index in [1.54, 1.807) is 18.2 Å². The van der Waals surface area contributed by atoms with Gasteiger partial charge >= 0.3 is 0 Å². The number of aromatic nitrogens is 1. The molecule has 0 bridgehead atoms. The molecule has 10 heteroatoms. The summed E-state index contributed by atoms with van der Waals surface area (Å²) >= 11 is 3.24. The van der Waals surface area contributed by atoms with Crippen LogP contribution >= 0.6 is 34.1 Å². The molecule has 0 aliphatic carbocycles. The van der Waals surface area contributed by atoms with Gasteiger partial charge in [0.1, 0.15) is 5.69 Å². The van der Waals surface area contributed by atoms with E-state index in [0.29, 0.717) is 27.3 Å². The summed E-state index contributed by atoms with van der Waals surface area (Å²) in [6.45, 7) is 1.41. The van der Waals surface area contributed by atoms with Gasteiger partial charge in [-0.2, -0.15) is 4.37 Å². The van der Waals surface area contributed by atoms with Gasteiger partial charge in [-0.25, -0.2) is 0 Å². The average molecular weight is 467 g/mol. The van der Waals surface area contributed by atoms with Gasteiger partial charge in [0.25, 0.3) is 5.69 Å². The van der Waals surface area contributed by atoms with E-state index in [9.17, 15) is 14.9 Å². The molecule has 0 saturated heterocycles. The van der Waals surface area contributed by atoms with Crippen LogP contribution in [0.4, 0.5) is 22.1 Å². The number of azo groups is 1. The maximum atomic E-state index is 11.3. The second-order valence-corrected chi connectivity index (χ2v) is 6.99. The Balaban J connectivity index is 2.00. The van der Waals surface area contributed by atoms with Crippen molar-refractivity contribution >= 4 is 73.0 Å². The van der Waals surface area contributed by atoms with Crippen molar-refractivity contribution < 1.29 is 9.72 Å². The van der Waals surface area contributed by atoms with Crippen LogP contribution in [0.3, 0.4) is 0 Å². The Hall–Kier alpha value is -2.47. The number of hydrogen-bond acceptors (Lipinski definition) is 7. The highest BCUT2D eigenvalue weighted by Crippen LogP contribution is 2.35. The number of fused-ring (bicyclic) bond motifs is 1. The van der Waals surface area contributed by atoms with Crippen LogP contribution < -0.4 is 5.32 Å². The van der Waals surface area contributed by atoms with Crippen LogP contribution in [0.2, 0.25) is 0 Å². The Morgan fingerprint density at radius 1 is 1.28 bits per heavy atom. The summed E-state index contributed by atoms with van der Waals surface area (Å²) in [6, 6.07) is 9.77. The Morgan fingerprint density at radius 2 is 2.08 bits per heavy atom. The number of halogens is 1. The maximum absolute atomic E-state index is 11.3. The normalized spacial score (nSPS) is 11.1. The number of carbonyl (C=O) groups is 1. The first-order chi connectivity index (χ1) is 11.9. The number of amides is 1. The van der Waals surface area contributed by atoms with E-state index < -0.39 is 4.92 Å². The molecule has 0 saturated carbocycles. The molecule has 0 spiro atoms. The van der Waals surface area contributed by atoms with E-state index in [2.05, 4.69) is 42.5 Å². The minimum atomic E-state index is -0.466. The van der Waals surface area contributed by atoms with Gasteiger partial charge in [0.15, 0.2) is 5.00 Å². The van der Waals surface area contributed by atoms with Crippen molar-refractivity contribution in [1.29, 1.82) is 0 Å². The van der Waals surface area contributed by atoms with Crippen molar-refractivity contribution in [3.63, 3.8) is 0 Å². The number of nitro groups is 1. The summed E-state index contributed by atoms with van der Waals surface area (Å²) < 4.78 is 5.15. The fourth-order valence-corrected chi connectivity index (χ4v) is 3.26. The van der Waals surface area contributed by atoms with Gasteiger partial charge in [0.2, 0.25) is 5.91 Å². The summed E-state index contributed by atoms with van der Waals surface area (Å²) in [6.07, 6.45) is 0. The average Bonchev–Trinajstić information content (AvgIpc) is 2.96. The fourth-order valence-electron chi connectivity index (χ4n) is 2.09. The summed E-state index contributed by atoms with van der Waals surface area (Å²) in [5.41, 5.74) is 1.62.